The molecule has 0 aromatic carbocycles. The summed E-state index contributed by atoms with van der Waals surface area (Å²) in [5, 5.41) is 0. The van der Waals surface area contributed by atoms with Crippen LogP contribution in [0.1, 0.15) is 5.69 Å². The molecule has 5 heteroatoms. The fraction of sp³-hybridized carbons (Fsp3) is 0.0909. The van der Waals surface area contributed by atoms with Crippen LogP contribution in [0.4, 0.5) is 0 Å². The molecular formula is C11H13Cl2N3. The molecule has 0 saturated heterocycles. The Morgan fingerprint density at radius 3 is 2.31 bits per heavy atom. The second kappa shape index (κ2) is 7.17. The maximum atomic E-state index is 5.46. The van der Waals surface area contributed by atoms with Gasteiger partial charge in [0.1, 0.15) is 0 Å². The van der Waals surface area contributed by atoms with Gasteiger partial charge >= 0.3 is 0 Å². The molecular weight excluding hydrogens is 245 g/mol. The lowest BCUT2D eigenvalue weighted by Gasteiger charge is -2.00. The average Bonchev–Trinajstić information content (AvgIpc) is 2.30. The molecule has 0 radical (unpaired) electrons. The summed E-state index contributed by atoms with van der Waals surface area (Å²) in [5.41, 5.74) is 8.30. The number of halogens is 2. The zero-order chi connectivity index (χ0) is 9.80. The summed E-state index contributed by atoms with van der Waals surface area (Å²) in [5.74, 6) is 0. The molecule has 0 unspecified atom stereocenters. The summed E-state index contributed by atoms with van der Waals surface area (Å²) in [4.78, 5) is 8.44. The molecule has 2 N–H and O–H groups in total. The summed E-state index contributed by atoms with van der Waals surface area (Å²) in [6, 6.07) is 9.71. The monoisotopic (exact) mass is 257 g/mol. The van der Waals surface area contributed by atoms with E-state index in [0.29, 0.717) is 6.54 Å². The summed E-state index contributed by atoms with van der Waals surface area (Å²) >= 11 is 0. The third-order valence-corrected chi connectivity index (χ3v) is 1.99. The van der Waals surface area contributed by atoms with E-state index in [2.05, 4.69) is 9.97 Å². The van der Waals surface area contributed by atoms with Gasteiger partial charge < -0.3 is 5.73 Å². The highest BCUT2D eigenvalue weighted by atomic mass is 35.5. The van der Waals surface area contributed by atoms with E-state index in [1.807, 2.05) is 30.3 Å². The van der Waals surface area contributed by atoms with E-state index < -0.39 is 0 Å². The third-order valence-electron chi connectivity index (χ3n) is 1.99. The fourth-order valence-electron chi connectivity index (χ4n) is 1.23. The predicted molar refractivity (Wildman–Crippen MR) is 69.9 cm³/mol. The summed E-state index contributed by atoms with van der Waals surface area (Å²) in [7, 11) is 0. The Morgan fingerprint density at radius 1 is 1.00 bits per heavy atom. The topological polar surface area (TPSA) is 51.8 Å². The highest BCUT2D eigenvalue weighted by Gasteiger charge is 1.97. The van der Waals surface area contributed by atoms with Gasteiger partial charge in [0.25, 0.3) is 0 Å². The maximum Gasteiger partial charge on any atom is 0.0717 e. The Kier molecular flexibility index (Phi) is 6.65. The lowest BCUT2D eigenvalue weighted by molar-refractivity contribution is 0.991. The number of rotatable bonds is 2. The highest BCUT2D eigenvalue weighted by Crippen LogP contribution is 2.14. The zero-order valence-corrected chi connectivity index (χ0v) is 10.2. The van der Waals surface area contributed by atoms with Crippen molar-refractivity contribution in [2.24, 2.45) is 5.73 Å². The van der Waals surface area contributed by atoms with Gasteiger partial charge in [-0.3, -0.25) is 9.97 Å². The highest BCUT2D eigenvalue weighted by molar-refractivity contribution is 5.85. The normalized spacial score (nSPS) is 8.81. The Balaban J connectivity index is 0.00000112. The smallest absolute Gasteiger partial charge is 0.0717 e. The van der Waals surface area contributed by atoms with Crippen molar-refractivity contribution in [1.29, 1.82) is 0 Å². The average molecular weight is 258 g/mol. The second-order valence-electron chi connectivity index (χ2n) is 2.96. The molecule has 2 aromatic heterocycles. The maximum absolute atomic E-state index is 5.46. The van der Waals surface area contributed by atoms with Crippen LogP contribution >= 0.6 is 24.8 Å². The van der Waals surface area contributed by atoms with Gasteiger partial charge in [-0.1, -0.05) is 6.07 Å². The molecule has 0 bridgehead atoms. The first-order valence-electron chi connectivity index (χ1n) is 4.46. The standard InChI is InChI=1S/C11H11N3.2ClH/c12-7-10-5-4-9(8-14-10)11-3-1-2-6-13-11;;/h1-6,8H,7,12H2;2*1H. The predicted octanol–water partition coefficient (Wildman–Crippen LogP) is 2.45. The molecule has 0 amide bonds. The Morgan fingerprint density at radius 2 is 1.81 bits per heavy atom. The van der Waals surface area contributed by atoms with Gasteiger partial charge in [-0.2, -0.15) is 0 Å². The molecule has 86 valence electrons. The van der Waals surface area contributed by atoms with Gasteiger partial charge in [-0.05, 0) is 24.3 Å². The molecule has 0 atom stereocenters. The van der Waals surface area contributed by atoms with Crippen LogP contribution in [0, 0.1) is 0 Å². The number of nitrogens with two attached hydrogens (primary N) is 1. The van der Waals surface area contributed by atoms with Crippen LogP contribution in [-0.4, -0.2) is 9.97 Å². The van der Waals surface area contributed by atoms with Crippen molar-refractivity contribution >= 4 is 24.8 Å². The van der Waals surface area contributed by atoms with E-state index in [0.717, 1.165) is 17.0 Å². The molecule has 2 rings (SSSR count). The number of hydrogen-bond donors (Lipinski definition) is 1. The lowest BCUT2D eigenvalue weighted by atomic mass is 10.2. The number of nitrogens with zero attached hydrogens (tertiary/aromatic N) is 2. The van der Waals surface area contributed by atoms with Crippen molar-refractivity contribution in [3.8, 4) is 11.3 Å². The first-order chi connectivity index (χ1) is 6.90. The molecule has 2 heterocycles. The lowest BCUT2D eigenvalue weighted by Crippen LogP contribution is -1.98. The van der Waals surface area contributed by atoms with Crippen molar-refractivity contribution in [3.63, 3.8) is 0 Å². The van der Waals surface area contributed by atoms with Gasteiger partial charge in [0, 0.05) is 24.5 Å². The van der Waals surface area contributed by atoms with Crippen LogP contribution < -0.4 is 5.73 Å². The first kappa shape index (κ1) is 14.8. The van der Waals surface area contributed by atoms with E-state index >= 15 is 0 Å². The quantitative estimate of drug-likeness (QED) is 0.900. The second-order valence-corrected chi connectivity index (χ2v) is 2.96. The van der Waals surface area contributed by atoms with E-state index in [1.165, 1.54) is 0 Å². The van der Waals surface area contributed by atoms with Crippen LogP contribution in [0.5, 0.6) is 0 Å². The molecule has 16 heavy (non-hydrogen) atoms. The SMILES string of the molecule is Cl.Cl.NCc1ccc(-c2ccccn2)cn1. The van der Waals surface area contributed by atoms with Gasteiger partial charge in [0.05, 0.1) is 11.4 Å². The van der Waals surface area contributed by atoms with Crippen LogP contribution in [0.25, 0.3) is 11.3 Å². The molecule has 0 spiro atoms. The van der Waals surface area contributed by atoms with Crippen LogP contribution in [0.2, 0.25) is 0 Å². The number of pyridine rings is 2. The third kappa shape index (κ3) is 3.45. The molecule has 0 saturated carbocycles. The van der Waals surface area contributed by atoms with E-state index in [9.17, 15) is 0 Å². The Labute approximate surface area is 107 Å². The molecule has 2 aromatic rings. The first-order valence-corrected chi connectivity index (χ1v) is 4.46. The zero-order valence-electron chi connectivity index (χ0n) is 8.54. The summed E-state index contributed by atoms with van der Waals surface area (Å²) in [6.07, 6.45) is 3.57. The molecule has 3 nitrogen and oxygen atoms in total. The van der Waals surface area contributed by atoms with E-state index in [4.69, 9.17) is 5.73 Å². The minimum Gasteiger partial charge on any atom is -0.325 e. The van der Waals surface area contributed by atoms with Gasteiger partial charge in [0.2, 0.25) is 0 Å². The van der Waals surface area contributed by atoms with Gasteiger partial charge in [0.15, 0.2) is 0 Å². The summed E-state index contributed by atoms with van der Waals surface area (Å²) in [6.45, 7) is 0.475. The van der Waals surface area contributed by atoms with Gasteiger partial charge in [-0.25, -0.2) is 0 Å². The van der Waals surface area contributed by atoms with Crippen LogP contribution in [-0.2, 0) is 6.54 Å². The number of hydrogen-bond acceptors (Lipinski definition) is 3. The molecule has 0 fully saturated rings. The molecule has 0 aliphatic rings. The van der Waals surface area contributed by atoms with E-state index in [1.54, 1.807) is 12.4 Å². The fourth-order valence-corrected chi connectivity index (χ4v) is 1.23. The van der Waals surface area contributed by atoms with Crippen molar-refractivity contribution < 1.29 is 0 Å². The minimum absolute atomic E-state index is 0. The van der Waals surface area contributed by atoms with Crippen molar-refractivity contribution in [2.45, 2.75) is 6.54 Å². The minimum atomic E-state index is 0. The molecule has 0 aliphatic heterocycles. The Bertz CT molecular complexity index is 403. The van der Waals surface area contributed by atoms with Gasteiger partial charge in [-0.15, -0.1) is 24.8 Å². The van der Waals surface area contributed by atoms with Crippen molar-refractivity contribution in [3.05, 3.63) is 48.4 Å². The largest absolute Gasteiger partial charge is 0.325 e. The van der Waals surface area contributed by atoms with Crippen LogP contribution in [0.3, 0.4) is 0 Å². The van der Waals surface area contributed by atoms with Crippen molar-refractivity contribution in [2.75, 3.05) is 0 Å². The van der Waals surface area contributed by atoms with Crippen molar-refractivity contribution in [1.82, 2.24) is 9.97 Å². The Hall–Kier alpha value is -1.16. The number of aromatic nitrogens is 2. The molecule has 0 aliphatic carbocycles. The van der Waals surface area contributed by atoms with E-state index in [-0.39, 0.29) is 24.8 Å². The summed E-state index contributed by atoms with van der Waals surface area (Å²) < 4.78 is 0. The van der Waals surface area contributed by atoms with Crippen LogP contribution in [0.15, 0.2) is 42.7 Å².